The number of methoxy groups -OCH3 is 1. The molecule has 0 aromatic carbocycles. The van der Waals surface area contributed by atoms with Gasteiger partial charge in [-0.15, -0.1) is 22.7 Å². The summed E-state index contributed by atoms with van der Waals surface area (Å²) in [6.07, 6.45) is 0. The number of aromatic nitrogens is 1. The zero-order chi connectivity index (χ0) is 10.8. The molecule has 2 heterocycles. The van der Waals surface area contributed by atoms with Crippen LogP contribution in [0.25, 0.3) is 9.75 Å². The highest BCUT2D eigenvalue weighted by atomic mass is 35.5. The number of rotatable bonds is 2. The monoisotopic (exact) mass is 259 g/mol. The van der Waals surface area contributed by atoms with Crippen molar-refractivity contribution in [1.29, 1.82) is 0 Å². The third-order valence-electron chi connectivity index (χ3n) is 1.74. The molecule has 78 valence electrons. The number of hydrogen-bond donors (Lipinski definition) is 0. The smallest absolute Gasteiger partial charge is 0.358 e. The van der Waals surface area contributed by atoms with E-state index in [1.54, 1.807) is 11.6 Å². The standard InChI is InChI=1S/C9H6ClNO2S2/c1-13-9(12)7-8(14-4-11-7)5-2-3-6(10)15-5/h2-4H,1H3. The second kappa shape index (κ2) is 4.30. The number of thiophene rings is 1. The number of esters is 1. The summed E-state index contributed by atoms with van der Waals surface area (Å²) in [5.41, 5.74) is 1.97. The van der Waals surface area contributed by atoms with Crippen molar-refractivity contribution < 1.29 is 9.53 Å². The van der Waals surface area contributed by atoms with Crippen LogP contribution in [0.4, 0.5) is 0 Å². The number of carbonyl (C=O) groups excluding carboxylic acids is 1. The first-order valence-corrected chi connectivity index (χ1v) is 6.07. The maximum absolute atomic E-state index is 11.4. The molecule has 0 atom stereocenters. The summed E-state index contributed by atoms with van der Waals surface area (Å²) < 4.78 is 5.33. The third-order valence-corrected chi connectivity index (χ3v) is 3.98. The van der Waals surface area contributed by atoms with E-state index in [4.69, 9.17) is 11.6 Å². The fourth-order valence-electron chi connectivity index (χ4n) is 1.10. The molecular formula is C9H6ClNO2S2. The van der Waals surface area contributed by atoms with Gasteiger partial charge in [0.05, 0.1) is 21.8 Å². The van der Waals surface area contributed by atoms with E-state index < -0.39 is 5.97 Å². The van der Waals surface area contributed by atoms with Gasteiger partial charge in [-0.1, -0.05) is 11.6 Å². The van der Waals surface area contributed by atoms with E-state index in [-0.39, 0.29) is 0 Å². The van der Waals surface area contributed by atoms with E-state index in [2.05, 4.69) is 9.72 Å². The molecule has 6 heteroatoms. The molecular weight excluding hydrogens is 254 g/mol. The quantitative estimate of drug-likeness (QED) is 0.777. The van der Waals surface area contributed by atoms with Crippen LogP contribution in [0, 0.1) is 0 Å². The number of thiazole rings is 1. The van der Waals surface area contributed by atoms with Crippen LogP contribution >= 0.6 is 34.3 Å². The maximum atomic E-state index is 11.4. The van der Waals surface area contributed by atoms with Crippen LogP contribution in [0.1, 0.15) is 10.5 Å². The molecule has 0 aliphatic carbocycles. The van der Waals surface area contributed by atoms with Crippen molar-refractivity contribution in [2.45, 2.75) is 0 Å². The molecule has 0 saturated carbocycles. The maximum Gasteiger partial charge on any atom is 0.358 e. The van der Waals surface area contributed by atoms with Gasteiger partial charge in [-0.2, -0.15) is 0 Å². The first kappa shape index (κ1) is 10.6. The molecule has 0 spiro atoms. The minimum Gasteiger partial charge on any atom is -0.464 e. The Labute approximate surface area is 99.3 Å². The summed E-state index contributed by atoms with van der Waals surface area (Å²) in [4.78, 5) is 17.1. The molecule has 0 aliphatic heterocycles. The van der Waals surface area contributed by atoms with E-state index in [1.807, 2.05) is 6.07 Å². The summed E-state index contributed by atoms with van der Waals surface area (Å²) in [7, 11) is 1.34. The molecule has 0 N–H and O–H groups in total. The Bertz CT molecular complexity index is 492. The van der Waals surface area contributed by atoms with Crippen LogP contribution in [0.15, 0.2) is 17.6 Å². The van der Waals surface area contributed by atoms with Crippen molar-refractivity contribution >= 4 is 40.2 Å². The molecule has 0 aliphatic rings. The zero-order valence-corrected chi connectivity index (χ0v) is 10.1. The summed E-state index contributed by atoms with van der Waals surface area (Å²) in [5, 5.41) is 0. The van der Waals surface area contributed by atoms with Crippen molar-refractivity contribution in [2.75, 3.05) is 7.11 Å². The lowest BCUT2D eigenvalue weighted by molar-refractivity contribution is 0.0596. The Hall–Kier alpha value is -0.910. The molecule has 0 radical (unpaired) electrons. The van der Waals surface area contributed by atoms with Crippen molar-refractivity contribution in [1.82, 2.24) is 4.98 Å². The molecule has 15 heavy (non-hydrogen) atoms. The van der Waals surface area contributed by atoms with Crippen molar-refractivity contribution in [3.8, 4) is 9.75 Å². The lowest BCUT2D eigenvalue weighted by Gasteiger charge is -1.97. The van der Waals surface area contributed by atoms with Gasteiger partial charge in [-0.25, -0.2) is 9.78 Å². The fourth-order valence-corrected chi connectivity index (χ4v) is 3.05. The topological polar surface area (TPSA) is 39.2 Å². The van der Waals surface area contributed by atoms with Crippen LogP contribution in [0.3, 0.4) is 0 Å². The van der Waals surface area contributed by atoms with E-state index in [0.29, 0.717) is 10.0 Å². The number of halogens is 1. The SMILES string of the molecule is COC(=O)c1ncsc1-c1ccc(Cl)s1. The number of nitrogens with zero attached hydrogens (tertiary/aromatic N) is 1. The second-order valence-corrected chi connectivity index (χ2v) is 5.20. The summed E-state index contributed by atoms with van der Waals surface area (Å²) in [6, 6.07) is 3.66. The van der Waals surface area contributed by atoms with E-state index in [9.17, 15) is 4.79 Å². The molecule has 0 unspecified atom stereocenters. The Morgan fingerprint density at radius 2 is 2.33 bits per heavy atom. The molecule has 2 aromatic heterocycles. The average Bonchev–Trinajstić information content (AvgIpc) is 2.84. The van der Waals surface area contributed by atoms with Crippen LogP contribution in [-0.4, -0.2) is 18.1 Å². The molecule has 0 saturated heterocycles. The van der Waals surface area contributed by atoms with Crippen molar-refractivity contribution in [3.05, 3.63) is 27.7 Å². The summed E-state index contributed by atoms with van der Waals surface area (Å²) >= 11 is 8.64. The predicted molar refractivity (Wildman–Crippen MR) is 61.8 cm³/mol. The lowest BCUT2D eigenvalue weighted by atomic mass is 10.3. The van der Waals surface area contributed by atoms with E-state index in [1.165, 1.54) is 29.8 Å². The van der Waals surface area contributed by atoms with Gasteiger partial charge in [-0.05, 0) is 12.1 Å². The van der Waals surface area contributed by atoms with Crippen LogP contribution in [-0.2, 0) is 4.74 Å². The van der Waals surface area contributed by atoms with Crippen LogP contribution < -0.4 is 0 Å². The Morgan fingerprint density at radius 1 is 1.53 bits per heavy atom. The zero-order valence-electron chi connectivity index (χ0n) is 7.69. The highest BCUT2D eigenvalue weighted by Gasteiger charge is 2.17. The van der Waals surface area contributed by atoms with Crippen LogP contribution in [0.5, 0.6) is 0 Å². The molecule has 3 nitrogen and oxygen atoms in total. The lowest BCUT2D eigenvalue weighted by Crippen LogP contribution is -2.02. The van der Waals surface area contributed by atoms with E-state index in [0.717, 1.165) is 9.75 Å². The van der Waals surface area contributed by atoms with Gasteiger partial charge in [-0.3, -0.25) is 0 Å². The van der Waals surface area contributed by atoms with Gasteiger partial charge in [0.25, 0.3) is 0 Å². The number of carbonyl (C=O) groups is 1. The molecule has 2 aromatic rings. The van der Waals surface area contributed by atoms with Crippen molar-refractivity contribution in [3.63, 3.8) is 0 Å². The molecule has 0 fully saturated rings. The predicted octanol–water partition coefficient (Wildman–Crippen LogP) is 3.31. The van der Waals surface area contributed by atoms with Gasteiger partial charge in [0.2, 0.25) is 0 Å². The van der Waals surface area contributed by atoms with Gasteiger partial charge in [0.15, 0.2) is 5.69 Å². The summed E-state index contributed by atoms with van der Waals surface area (Å²) in [6.45, 7) is 0. The Balaban J connectivity index is 2.45. The number of hydrogen-bond acceptors (Lipinski definition) is 5. The highest BCUT2D eigenvalue weighted by molar-refractivity contribution is 7.23. The van der Waals surface area contributed by atoms with Crippen LogP contribution in [0.2, 0.25) is 4.34 Å². The highest BCUT2D eigenvalue weighted by Crippen LogP contribution is 2.35. The molecule has 0 bridgehead atoms. The fraction of sp³-hybridized carbons (Fsp3) is 0.111. The van der Waals surface area contributed by atoms with Gasteiger partial charge in [0, 0.05) is 4.88 Å². The summed E-state index contributed by atoms with van der Waals surface area (Å²) in [5.74, 6) is -0.421. The molecule has 0 amide bonds. The Morgan fingerprint density at radius 3 is 2.93 bits per heavy atom. The first-order chi connectivity index (χ1) is 7.22. The minimum absolute atomic E-state index is 0.348. The number of ether oxygens (including phenoxy) is 1. The normalized spacial score (nSPS) is 10.3. The minimum atomic E-state index is -0.421. The second-order valence-electron chi connectivity index (χ2n) is 2.63. The van der Waals surface area contributed by atoms with Gasteiger partial charge >= 0.3 is 5.97 Å². The van der Waals surface area contributed by atoms with E-state index >= 15 is 0 Å². The van der Waals surface area contributed by atoms with Gasteiger partial charge in [0.1, 0.15) is 0 Å². The van der Waals surface area contributed by atoms with Gasteiger partial charge < -0.3 is 4.74 Å². The largest absolute Gasteiger partial charge is 0.464 e. The average molecular weight is 260 g/mol. The third kappa shape index (κ3) is 2.04. The first-order valence-electron chi connectivity index (χ1n) is 4.00. The Kier molecular flexibility index (Phi) is 3.04. The molecule has 2 rings (SSSR count). The van der Waals surface area contributed by atoms with Crippen molar-refractivity contribution in [2.24, 2.45) is 0 Å².